The Morgan fingerprint density at radius 2 is 1.80 bits per heavy atom. The molecule has 0 spiro atoms. The summed E-state index contributed by atoms with van der Waals surface area (Å²) >= 11 is 0. The molecule has 0 radical (unpaired) electrons. The molecule has 2 heterocycles. The Balaban J connectivity index is 1.88. The van der Waals surface area contributed by atoms with Crippen molar-refractivity contribution in [3.8, 4) is 0 Å². The Labute approximate surface area is 56.2 Å². The van der Waals surface area contributed by atoms with Gasteiger partial charge in [-0.25, -0.2) is 10.0 Å². The fourth-order valence-corrected chi connectivity index (χ4v) is 1.02. The van der Waals surface area contributed by atoms with Gasteiger partial charge in [0.25, 0.3) is 0 Å². The minimum absolute atomic E-state index is 0.170. The maximum absolute atomic E-state index is 11.8. The van der Waals surface area contributed by atoms with Gasteiger partial charge in [-0.3, -0.25) is 0 Å². The second-order valence-electron chi connectivity index (χ2n) is 2.63. The van der Waals surface area contributed by atoms with E-state index in [0.717, 1.165) is 13.1 Å². The van der Waals surface area contributed by atoms with Crippen LogP contribution >= 0.6 is 0 Å². The standard InChI is InChI=1S/C5H7F3N2/c6-5(7,8)4-3-10(4)9-1-2-9/h4H,1-3H2. The molecule has 2 aliphatic heterocycles. The molecule has 10 heavy (non-hydrogen) atoms. The Hall–Kier alpha value is -0.290. The lowest BCUT2D eigenvalue weighted by Crippen LogP contribution is -2.23. The summed E-state index contributed by atoms with van der Waals surface area (Å²) in [6.45, 7) is 1.77. The summed E-state index contributed by atoms with van der Waals surface area (Å²) in [6.07, 6.45) is -4.01. The lowest BCUT2D eigenvalue weighted by atomic mass is 10.5. The van der Waals surface area contributed by atoms with E-state index in [1.54, 1.807) is 5.01 Å². The third-order valence-electron chi connectivity index (χ3n) is 1.75. The normalized spacial score (nSPS) is 39.9. The van der Waals surface area contributed by atoms with Crippen molar-refractivity contribution < 1.29 is 13.2 Å². The van der Waals surface area contributed by atoms with Crippen LogP contribution in [-0.4, -0.2) is 41.9 Å². The highest BCUT2D eigenvalue weighted by atomic mass is 19.4. The van der Waals surface area contributed by atoms with Crippen LogP contribution in [0.4, 0.5) is 13.2 Å². The van der Waals surface area contributed by atoms with Crippen LogP contribution in [0.2, 0.25) is 0 Å². The average molecular weight is 152 g/mol. The molecule has 0 amide bonds. The fraction of sp³-hybridized carbons (Fsp3) is 1.00. The summed E-state index contributed by atoms with van der Waals surface area (Å²) in [7, 11) is 0. The number of alkyl halides is 3. The largest absolute Gasteiger partial charge is 0.406 e. The molecule has 58 valence electrons. The minimum Gasteiger partial charge on any atom is -0.238 e. The number of rotatable bonds is 1. The quantitative estimate of drug-likeness (QED) is 0.503. The molecular formula is C5H7F3N2. The maximum Gasteiger partial charge on any atom is 0.406 e. The monoisotopic (exact) mass is 152 g/mol. The molecule has 0 aromatic heterocycles. The van der Waals surface area contributed by atoms with Crippen molar-refractivity contribution in [2.45, 2.75) is 12.2 Å². The number of halogens is 3. The van der Waals surface area contributed by atoms with Gasteiger partial charge >= 0.3 is 6.18 Å². The van der Waals surface area contributed by atoms with Crippen molar-refractivity contribution in [1.29, 1.82) is 0 Å². The molecule has 2 nitrogen and oxygen atoms in total. The molecule has 0 aliphatic carbocycles. The van der Waals surface area contributed by atoms with Gasteiger partial charge in [-0.05, 0) is 0 Å². The summed E-state index contributed by atoms with van der Waals surface area (Å²) < 4.78 is 35.4. The number of hydrogen-bond donors (Lipinski definition) is 0. The first-order valence-corrected chi connectivity index (χ1v) is 3.17. The first-order valence-electron chi connectivity index (χ1n) is 3.17. The van der Waals surface area contributed by atoms with Crippen molar-refractivity contribution in [2.24, 2.45) is 0 Å². The third kappa shape index (κ3) is 0.992. The van der Waals surface area contributed by atoms with E-state index >= 15 is 0 Å². The molecular weight excluding hydrogens is 145 g/mol. The van der Waals surface area contributed by atoms with Crippen LogP contribution in [0, 0.1) is 0 Å². The van der Waals surface area contributed by atoms with E-state index in [4.69, 9.17) is 0 Å². The van der Waals surface area contributed by atoms with Crippen LogP contribution in [0.3, 0.4) is 0 Å². The number of nitrogens with zero attached hydrogens (tertiary/aromatic N) is 2. The van der Waals surface area contributed by atoms with Gasteiger partial charge in [0.1, 0.15) is 6.04 Å². The van der Waals surface area contributed by atoms with E-state index in [-0.39, 0.29) is 6.54 Å². The summed E-state index contributed by atoms with van der Waals surface area (Å²) in [6, 6.07) is -1.17. The fourth-order valence-electron chi connectivity index (χ4n) is 1.02. The molecule has 2 saturated heterocycles. The lowest BCUT2D eigenvalue weighted by Gasteiger charge is -2.05. The van der Waals surface area contributed by atoms with Gasteiger partial charge in [0.05, 0.1) is 0 Å². The summed E-state index contributed by atoms with van der Waals surface area (Å²) in [5.41, 5.74) is 0. The highest BCUT2D eigenvalue weighted by Gasteiger charge is 2.58. The zero-order valence-corrected chi connectivity index (χ0v) is 5.23. The first kappa shape index (κ1) is 6.42. The SMILES string of the molecule is FC(F)(F)C1CN1N1CC1. The molecule has 2 aliphatic rings. The van der Waals surface area contributed by atoms with Gasteiger partial charge in [0, 0.05) is 19.6 Å². The zero-order valence-electron chi connectivity index (χ0n) is 5.23. The van der Waals surface area contributed by atoms with Crippen molar-refractivity contribution in [3.05, 3.63) is 0 Å². The van der Waals surface area contributed by atoms with Gasteiger partial charge in [-0.2, -0.15) is 13.2 Å². The Morgan fingerprint density at radius 1 is 1.20 bits per heavy atom. The van der Waals surface area contributed by atoms with Gasteiger partial charge in [-0.15, -0.1) is 0 Å². The van der Waals surface area contributed by atoms with Crippen LogP contribution in [0.1, 0.15) is 0 Å². The van der Waals surface area contributed by atoms with Gasteiger partial charge < -0.3 is 0 Å². The van der Waals surface area contributed by atoms with Crippen molar-refractivity contribution in [3.63, 3.8) is 0 Å². The van der Waals surface area contributed by atoms with Crippen LogP contribution in [0.5, 0.6) is 0 Å². The highest BCUT2D eigenvalue weighted by molar-refractivity contribution is 4.96. The zero-order chi connectivity index (χ0) is 7.35. The maximum atomic E-state index is 11.8. The third-order valence-corrected chi connectivity index (χ3v) is 1.75. The van der Waals surface area contributed by atoms with Gasteiger partial charge in [-0.1, -0.05) is 0 Å². The molecule has 0 aromatic rings. The molecule has 2 fully saturated rings. The van der Waals surface area contributed by atoms with E-state index in [1.807, 2.05) is 0 Å². The number of hydrogen-bond acceptors (Lipinski definition) is 2. The van der Waals surface area contributed by atoms with E-state index in [0.29, 0.717) is 0 Å². The van der Waals surface area contributed by atoms with Crippen LogP contribution < -0.4 is 0 Å². The average Bonchev–Trinajstić information content (AvgIpc) is 2.56. The predicted octanol–water partition coefficient (Wildman–Crippen LogP) is 0.463. The lowest BCUT2D eigenvalue weighted by molar-refractivity contribution is -0.143. The Morgan fingerprint density at radius 3 is 2.10 bits per heavy atom. The Kier molecular flexibility index (Phi) is 1.06. The molecule has 5 heteroatoms. The van der Waals surface area contributed by atoms with E-state index in [1.165, 1.54) is 5.01 Å². The molecule has 2 unspecified atom stereocenters. The molecule has 2 atom stereocenters. The first-order chi connectivity index (χ1) is 4.59. The Bertz CT molecular complexity index is 151. The highest BCUT2D eigenvalue weighted by Crippen LogP contribution is 2.37. The van der Waals surface area contributed by atoms with Crippen molar-refractivity contribution in [2.75, 3.05) is 19.6 Å². The molecule has 0 aromatic carbocycles. The summed E-state index contributed by atoms with van der Waals surface area (Å²) in [5, 5.41) is 3.07. The second kappa shape index (κ2) is 1.65. The van der Waals surface area contributed by atoms with Gasteiger partial charge in [0.2, 0.25) is 0 Å². The van der Waals surface area contributed by atoms with E-state index in [9.17, 15) is 13.2 Å². The molecule has 2 rings (SSSR count). The smallest absolute Gasteiger partial charge is 0.238 e. The summed E-state index contributed by atoms with van der Waals surface area (Å²) in [5.74, 6) is 0. The van der Waals surface area contributed by atoms with E-state index < -0.39 is 12.2 Å². The van der Waals surface area contributed by atoms with Crippen LogP contribution in [-0.2, 0) is 0 Å². The van der Waals surface area contributed by atoms with Crippen LogP contribution in [0.25, 0.3) is 0 Å². The molecule has 0 bridgehead atoms. The molecule has 0 saturated carbocycles. The second-order valence-corrected chi connectivity index (χ2v) is 2.63. The minimum atomic E-state index is -4.01. The predicted molar refractivity (Wildman–Crippen MR) is 28.1 cm³/mol. The van der Waals surface area contributed by atoms with Gasteiger partial charge in [0.15, 0.2) is 0 Å². The van der Waals surface area contributed by atoms with Crippen LogP contribution in [0.15, 0.2) is 0 Å². The topological polar surface area (TPSA) is 6.02 Å². The number of hydrazine groups is 1. The summed E-state index contributed by atoms with van der Waals surface area (Å²) in [4.78, 5) is 0. The molecule has 0 N–H and O–H groups in total. The van der Waals surface area contributed by atoms with Crippen molar-refractivity contribution in [1.82, 2.24) is 10.0 Å². The van der Waals surface area contributed by atoms with E-state index in [2.05, 4.69) is 0 Å². The van der Waals surface area contributed by atoms with Crippen molar-refractivity contribution >= 4 is 0 Å².